The third kappa shape index (κ3) is 1.52. The third-order valence-corrected chi connectivity index (χ3v) is 7.29. The molecular weight excluding hydrogens is 353 g/mol. The van der Waals surface area contributed by atoms with E-state index in [0.29, 0.717) is 0 Å². The highest BCUT2D eigenvalue weighted by Gasteiger charge is 2.79. The lowest BCUT2D eigenvalue weighted by atomic mass is 10.0. The number of hydrogen-bond donors (Lipinski definition) is 0. The van der Waals surface area contributed by atoms with E-state index in [0.717, 1.165) is 0 Å². The molecule has 0 aromatic rings. The van der Waals surface area contributed by atoms with Crippen LogP contribution in [0, 0.1) is 0 Å². The second-order valence-electron chi connectivity index (χ2n) is 4.02. The van der Waals surface area contributed by atoms with Crippen molar-refractivity contribution < 1.29 is 9.53 Å². The summed E-state index contributed by atoms with van der Waals surface area (Å²) in [4.78, 5) is 8.17. The van der Waals surface area contributed by atoms with E-state index in [1.54, 1.807) is 0 Å². The maximum absolute atomic E-state index is 11.0. The molecule has 1 fully saturated rings. The van der Waals surface area contributed by atoms with Gasteiger partial charge < -0.3 is 4.74 Å². The number of carbonyl (C=O) groups is 1. The minimum absolute atomic E-state index is 0.0262. The Morgan fingerprint density at radius 1 is 1.24 bits per heavy atom. The molecule has 0 radical (unpaired) electrons. The fourth-order valence-electron chi connectivity index (χ4n) is 2.18. The standard InChI is InChI=1S/C9H6Cl6O2/c1-3(16)17-4-2-7(12)5(10)6(11)8(4,13)9(7,14)15/h4H,2H2,1H3. The van der Waals surface area contributed by atoms with Gasteiger partial charge in [0.25, 0.3) is 0 Å². The lowest BCUT2D eigenvalue weighted by molar-refractivity contribution is -0.146. The third-order valence-electron chi connectivity index (χ3n) is 3.03. The largest absolute Gasteiger partial charge is 0.460 e. The van der Waals surface area contributed by atoms with Crippen molar-refractivity contribution in [1.82, 2.24) is 0 Å². The van der Waals surface area contributed by atoms with Crippen molar-refractivity contribution in [2.75, 3.05) is 0 Å². The zero-order valence-corrected chi connectivity index (χ0v) is 12.9. The van der Waals surface area contributed by atoms with Crippen LogP contribution >= 0.6 is 69.6 Å². The molecule has 2 aliphatic rings. The molecular formula is C9H6Cl6O2. The highest BCUT2D eigenvalue weighted by Crippen LogP contribution is 2.72. The van der Waals surface area contributed by atoms with Crippen LogP contribution in [0.2, 0.25) is 0 Å². The van der Waals surface area contributed by atoms with E-state index in [1.807, 2.05) is 0 Å². The zero-order chi connectivity index (χ0) is 13.2. The molecule has 3 unspecified atom stereocenters. The summed E-state index contributed by atoms with van der Waals surface area (Å²) >= 11 is 37.0. The minimum Gasteiger partial charge on any atom is -0.460 e. The summed E-state index contributed by atoms with van der Waals surface area (Å²) in [6.45, 7) is 1.25. The normalized spacial score (nSPS) is 43.1. The summed E-state index contributed by atoms with van der Waals surface area (Å²) in [5, 5.41) is 0.127. The molecule has 17 heavy (non-hydrogen) atoms. The number of hydrogen-bond acceptors (Lipinski definition) is 2. The number of allylic oxidation sites excluding steroid dienone is 1. The molecule has 0 heterocycles. The van der Waals surface area contributed by atoms with Gasteiger partial charge in [-0.25, -0.2) is 0 Å². The first-order chi connectivity index (χ1) is 7.59. The number of fused-ring (bicyclic) bond motifs is 2. The van der Waals surface area contributed by atoms with E-state index >= 15 is 0 Å². The molecule has 2 nitrogen and oxygen atoms in total. The van der Waals surface area contributed by atoms with Crippen LogP contribution in [0.25, 0.3) is 0 Å². The number of ether oxygens (including phenoxy) is 1. The molecule has 0 spiro atoms. The van der Waals surface area contributed by atoms with Gasteiger partial charge in [0, 0.05) is 13.3 Å². The summed E-state index contributed by atoms with van der Waals surface area (Å²) in [5.74, 6) is -0.521. The Balaban J connectivity index is 2.54. The Labute approximate surface area is 128 Å². The van der Waals surface area contributed by atoms with Crippen molar-refractivity contribution in [2.24, 2.45) is 0 Å². The number of halogens is 6. The van der Waals surface area contributed by atoms with E-state index in [9.17, 15) is 4.79 Å². The van der Waals surface area contributed by atoms with Crippen LogP contribution in [0.3, 0.4) is 0 Å². The molecule has 8 heteroatoms. The smallest absolute Gasteiger partial charge is 0.302 e. The molecule has 0 aromatic heterocycles. The second-order valence-corrected chi connectivity index (χ2v) is 7.34. The molecule has 2 aliphatic carbocycles. The highest BCUT2D eigenvalue weighted by molar-refractivity contribution is 6.65. The van der Waals surface area contributed by atoms with Crippen LogP contribution in [0.1, 0.15) is 13.3 Å². The van der Waals surface area contributed by atoms with Crippen molar-refractivity contribution in [3.05, 3.63) is 10.1 Å². The van der Waals surface area contributed by atoms with Crippen molar-refractivity contribution in [3.63, 3.8) is 0 Å². The molecule has 2 rings (SSSR count). The fourth-order valence-corrected chi connectivity index (χ4v) is 4.85. The van der Waals surface area contributed by atoms with Gasteiger partial charge >= 0.3 is 5.97 Å². The lowest BCUT2D eigenvalue weighted by Gasteiger charge is -2.32. The van der Waals surface area contributed by atoms with E-state index in [1.165, 1.54) is 6.92 Å². The highest BCUT2D eigenvalue weighted by atomic mass is 35.5. The average molecular weight is 359 g/mol. The Morgan fingerprint density at radius 2 is 1.76 bits per heavy atom. The van der Waals surface area contributed by atoms with Gasteiger partial charge in [0.1, 0.15) is 11.0 Å². The van der Waals surface area contributed by atoms with E-state index in [2.05, 4.69) is 0 Å². The van der Waals surface area contributed by atoms with Crippen LogP contribution in [-0.4, -0.2) is 26.2 Å². The monoisotopic (exact) mass is 356 g/mol. The van der Waals surface area contributed by atoms with Crippen LogP contribution < -0.4 is 0 Å². The molecule has 96 valence electrons. The van der Waals surface area contributed by atoms with Crippen LogP contribution in [0.4, 0.5) is 0 Å². The molecule has 0 amide bonds. The predicted octanol–water partition coefficient (Wildman–Crippen LogP) is 4.15. The second kappa shape index (κ2) is 3.97. The predicted molar refractivity (Wildman–Crippen MR) is 70.5 cm³/mol. The maximum atomic E-state index is 11.0. The first kappa shape index (κ1) is 14.4. The summed E-state index contributed by atoms with van der Waals surface area (Å²) in [7, 11) is 0. The summed E-state index contributed by atoms with van der Waals surface area (Å²) in [5.41, 5.74) is 0. The molecule has 0 aromatic carbocycles. The van der Waals surface area contributed by atoms with E-state index < -0.39 is 26.2 Å². The topological polar surface area (TPSA) is 26.3 Å². The number of carbonyl (C=O) groups excluding carboxylic acids is 1. The van der Waals surface area contributed by atoms with Gasteiger partial charge in [-0.05, 0) is 0 Å². The Hall–Kier alpha value is 0.950. The maximum Gasteiger partial charge on any atom is 0.302 e. The van der Waals surface area contributed by atoms with Gasteiger partial charge in [0.15, 0.2) is 9.21 Å². The molecule has 0 saturated heterocycles. The van der Waals surface area contributed by atoms with Crippen LogP contribution in [0.5, 0.6) is 0 Å². The average Bonchev–Trinajstić information content (AvgIpc) is 2.40. The van der Waals surface area contributed by atoms with Gasteiger partial charge in [0.2, 0.25) is 0 Å². The Kier molecular flexibility index (Phi) is 3.36. The number of alkyl halides is 4. The van der Waals surface area contributed by atoms with E-state index in [4.69, 9.17) is 74.3 Å². The fraction of sp³-hybridized carbons (Fsp3) is 0.667. The molecule has 3 atom stereocenters. The van der Waals surface area contributed by atoms with Gasteiger partial charge in [-0.2, -0.15) is 0 Å². The number of esters is 1. The van der Waals surface area contributed by atoms with Crippen molar-refractivity contribution >= 4 is 75.6 Å². The van der Waals surface area contributed by atoms with Gasteiger partial charge in [-0.15, -0.1) is 23.2 Å². The first-order valence-electron chi connectivity index (χ1n) is 4.58. The lowest BCUT2D eigenvalue weighted by Crippen LogP contribution is -2.46. The SMILES string of the molecule is CC(=O)OC1CC2(Cl)C(Cl)=C(Cl)C1(Cl)C2(Cl)Cl. The van der Waals surface area contributed by atoms with Crippen LogP contribution in [0.15, 0.2) is 10.1 Å². The van der Waals surface area contributed by atoms with Crippen molar-refractivity contribution in [2.45, 2.75) is 33.5 Å². The Bertz CT molecular complexity index is 433. The zero-order valence-electron chi connectivity index (χ0n) is 8.37. The Morgan fingerprint density at radius 3 is 2.12 bits per heavy atom. The molecule has 0 N–H and O–H groups in total. The quantitative estimate of drug-likeness (QED) is 0.520. The molecule has 2 bridgehead atoms. The van der Waals surface area contributed by atoms with Crippen molar-refractivity contribution in [3.8, 4) is 0 Å². The van der Waals surface area contributed by atoms with Crippen LogP contribution in [-0.2, 0) is 9.53 Å². The number of rotatable bonds is 1. The minimum atomic E-state index is -1.64. The molecule has 1 saturated carbocycles. The van der Waals surface area contributed by atoms with Gasteiger partial charge in [-0.1, -0.05) is 46.4 Å². The van der Waals surface area contributed by atoms with Gasteiger partial charge in [-0.3, -0.25) is 4.79 Å². The molecule has 0 aliphatic heterocycles. The van der Waals surface area contributed by atoms with Crippen molar-refractivity contribution in [1.29, 1.82) is 0 Å². The summed E-state index contributed by atoms with van der Waals surface area (Å²) in [6, 6.07) is 0. The van der Waals surface area contributed by atoms with Gasteiger partial charge in [0.05, 0.1) is 10.1 Å². The summed E-state index contributed by atoms with van der Waals surface area (Å²) in [6.07, 6.45) is -0.705. The first-order valence-corrected chi connectivity index (χ1v) is 6.85. The van der Waals surface area contributed by atoms with E-state index in [-0.39, 0.29) is 16.5 Å². The summed E-state index contributed by atoms with van der Waals surface area (Å²) < 4.78 is 3.42.